The molecule has 4 N–H and O–H groups in total. The molecule has 2 rings (SSSR count). The molecule has 0 aliphatic rings. The average molecular weight is 300 g/mol. The first-order valence-electron chi connectivity index (χ1n) is 5.59. The second-order valence-electron chi connectivity index (χ2n) is 4.08. The van der Waals surface area contributed by atoms with E-state index in [0.717, 1.165) is 0 Å². The summed E-state index contributed by atoms with van der Waals surface area (Å²) >= 11 is 5.96. The van der Waals surface area contributed by atoms with Crippen LogP contribution in [0.3, 0.4) is 0 Å². The van der Waals surface area contributed by atoms with E-state index in [4.69, 9.17) is 17.3 Å². The number of benzene rings is 1. The first kappa shape index (κ1) is 13.9. The van der Waals surface area contributed by atoms with Gasteiger partial charge in [0.1, 0.15) is 4.90 Å². The van der Waals surface area contributed by atoms with Crippen LogP contribution in [0.25, 0.3) is 0 Å². The van der Waals surface area contributed by atoms with E-state index in [-0.39, 0.29) is 11.4 Å². The summed E-state index contributed by atoms with van der Waals surface area (Å²) in [6, 6.07) is 6.56. The van der Waals surface area contributed by atoms with Crippen LogP contribution < -0.4 is 10.5 Å². The molecule has 0 saturated heterocycles. The van der Waals surface area contributed by atoms with Gasteiger partial charge in [-0.1, -0.05) is 17.7 Å². The number of halogens is 1. The van der Waals surface area contributed by atoms with Crippen molar-refractivity contribution >= 4 is 27.3 Å². The van der Waals surface area contributed by atoms with Crippen LogP contribution in [-0.4, -0.2) is 13.4 Å². The fourth-order valence-corrected chi connectivity index (χ4v) is 2.93. The first-order chi connectivity index (χ1) is 8.94. The molecule has 1 aromatic heterocycles. The van der Waals surface area contributed by atoms with Crippen LogP contribution in [0.15, 0.2) is 35.4 Å². The molecule has 5 nitrogen and oxygen atoms in total. The highest BCUT2D eigenvalue weighted by molar-refractivity contribution is 7.92. The normalized spacial score (nSPS) is 11.5. The topological polar surface area (TPSA) is 88.0 Å². The Morgan fingerprint density at radius 2 is 2.16 bits per heavy atom. The second-order valence-corrected chi connectivity index (χ2v) is 6.17. The molecule has 0 bridgehead atoms. The number of H-pyrrole nitrogens is 1. The predicted octanol–water partition coefficient (Wildman–Crippen LogP) is 2.24. The molecule has 0 radical (unpaired) electrons. The van der Waals surface area contributed by atoms with Crippen LogP contribution in [0.2, 0.25) is 5.02 Å². The van der Waals surface area contributed by atoms with Crippen LogP contribution in [-0.2, 0) is 16.6 Å². The molecule has 0 atom stereocenters. The molecular formula is C12H14ClN3O2S. The standard InChI is InChI=1S/C12H14ClN3O2S/c1-8-11(13)3-2-4-12(8)16-19(17,18)10-5-9(6-14)15-7-10/h2-5,7,15-16H,6,14H2,1H3. The Labute approximate surface area is 116 Å². The smallest absolute Gasteiger partial charge is 0.263 e. The molecule has 102 valence electrons. The van der Waals surface area contributed by atoms with Gasteiger partial charge in [-0.3, -0.25) is 4.72 Å². The number of hydrogen-bond acceptors (Lipinski definition) is 3. The van der Waals surface area contributed by atoms with Gasteiger partial charge in [-0.15, -0.1) is 0 Å². The summed E-state index contributed by atoms with van der Waals surface area (Å²) in [4.78, 5) is 2.95. The van der Waals surface area contributed by atoms with E-state index in [1.54, 1.807) is 25.1 Å². The van der Waals surface area contributed by atoms with Gasteiger partial charge in [0.05, 0.1) is 5.69 Å². The molecule has 0 fully saturated rings. The monoisotopic (exact) mass is 299 g/mol. The van der Waals surface area contributed by atoms with Crippen LogP contribution in [0.1, 0.15) is 11.3 Å². The molecule has 19 heavy (non-hydrogen) atoms. The summed E-state index contributed by atoms with van der Waals surface area (Å²) in [6.45, 7) is 2.01. The maximum atomic E-state index is 12.2. The lowest BCUT2D eigenvalue weighted by molar-refractivity contribution is 0.601. The Kier molecular flexibility index (Phi) is 3.84. The van der Waals surface area contributed by atoms with Crippen molar-refractivity contribution in [2.45, 2.75) is 18.4 Å². The van der Waals surface area contributed by atoms with Gasteiger partial charge in [-0.2, -0.15) is 0 Å². The lowest BCUT2D eigenvalue weighted by atomic mass is 10.2. The van der Waals surface area contributed by atoms with Gasteiger partial charge in [-0.05, 0) is 30.7 Å². The Morgan fingerprint density at radius 1 is 1.42 bits per heavy atom. The van der Waals surface area contributed by atoms with Crippen molar-refractivity contribution in [2.24, 2.45) is 5.73 Å². The molecule has 2 aromatic rings. The van der Waals surface area contributed by atoms with Crippen molar-refractivity contribution in [1.29, 1.82) is 0 Å². The summed E-state index contributed by atoms with van der Waals surface area (Å²) < 4.78 is 26.9. The van der Waals surface area contributed by atoms with Crippen molar-refractivity contribution in [2.75, 3.05) is 4.72 Å². The number of aromatic amines is 1. The summed E-state index contributed by atoms with van der Waals surface area (Å²) in [5, 5.41) is 0.511. The third kappa shape index (κ3) is 2.91. The zero-order valence-electron chi connectivity index (χ0n) is 10.3. The van der Waals surface area contributed by atoms with Gasteiger partial charge in [0.15, 0.2) is 0 Å². The van der Waals surface area contributed by atoms with Crippen molar-refractivity contribution in [3.05, 3.63) is 46.7 Å². The van der Waals surface area contributed by atoms with E-state index >= 15 is 0 Å². The number of hydrogen-bond donors (Lipinski definition) is 3. The minimum Gasteiger partial charge on any atom is -0.363 e. The third-order valence-corrected chi connectivity index (χ3v) is 4.51. The van der Waals surface area contributed by atoms with Crippen molar-refractivity contribution < 1.29 is 8.42 Å². The Bertz CT molecular complexity index is 695. The molecule has 0 saturated carbocycles. The number of anilines is 1. The molecule has 0 amide bonds. The third-order valence-electron chi connectivity index (χ3n) is 2.76. The molecule has 0 aliphatic heterocycles. The molecule has 7 heteroatoms. The number of aromatic nitrogens is 1. The zero-order valence-corrected chi connectivity index (χ0v) is 11.8. The maximum Gasteiger partial charge on any atom is 0.263 e. The van der Waals surface area contributed by atoms with Gasteiger partial charge < -0.3 is 10.7 Å². The minimum absolute atomic E-state index is 0.146. The van der Waals surface area contributed by atoms with Gasteiger partial charge in [0.25, 0.3) is 10.0 Å². The fraction of sp³-hybridized carbons (Fsp3) is 0.167. The van der Waals surface area contributed by atoms with E-state index in [0.29, 0.717) is 22.0 Å². The SMILES string of the molecule is Cc1c(Cl)cccc1NS(=O)(=O)c1c[nH]c(CN)c1. The van der Waals surface area contributed by atoms with Crippen molar-refractivity contribution in [3.63, 3.8) is 0 Å². The van der Waals surface area contributed by atoms with E-state index in [1.165, 1.54) is 12.3 Å². The molecule has 1 heterocycles. The van der Waals surface area contributed by atoms with E-state index < -0.39 is 10.0 Å². The number of nitrogens with two attached hydrogens (primary N) is 1. The Morgan fingerprint density at radius 3 is 2.79 bits per heavy atom. The summed E-state index contributed by atoms with van der Waals surface area (Å²) in [7, 11) is -3.64. The minimum atomic E-state index is -3.64. The second kappa shape index (κ2) is 5.24. The fourth-order valence-electron chi connectivity index (χ4n) is 1.61. The lowest BCUT2D eigenvalue weighted by Crippen LogP contribution is -2.13. The van der Waals surface area contributed by atoms with Crippen LogP contribution in [0.4, 0.5) is 5.69 Å². The summed E-state index contributed by atoms with van der Waals surface area (Å²) in [5.74, 6) is 0. The Balaban J connectivity index is 2.33. The average Bonchev–Trinajstić information content (AvgIpc) is 2.84. The highest BCUT2D eigenvalue weighted by Gasteiger charge is 2.17. The van der Waals surface area contributed by atoms with Gasteiger partial charge in [-0.25, -0.2) is 8.42 Å². The van der Waals surface area contributed by atoms with Gasteiger partial charge in [0.2, 0.25) is 0 Å². The van der Waals surface area contributed by atoms with Crippen molar-refractivity contribution in [3.8, 4) is 0 Å². The van der Waals surface area contributed by atoms with E-state index in [9.17, 15) is 8.42 Å². The summed E-state index contributed by atoms with van der Waals surface area (Å²) in [5.41, 5.74) is 7.24. The summed E-state index contributed by atoms with van der Waals surface area (Å²) in [6.07, 6.45) is 1.41. The van der Waals surface area contributed by atoms with E-state index in [1.807, 2.05) is 0 Å². The maximum absolute atomic E-state index is 12.2. The molecule has 0 unspecified atom stereocenters. The number of nitrogens with one attached hydrogen (secondary N) is 2. The van der Waals surface area contributed by atoms with Crippen LogP contribution in [0.5, 0.6) is 0 Å². The first-order valence-corrected chi connectivity index (χ1v) is 7.45. The van der Waals surface area contributed by atoms with Gasteiger partial charge in [0, 0.05) is 23.5 Å². The van der Waals surface area contributed by atoms with E-state index in [2.05, 4.69) is 9.71 Å². The number of sulfonamides is 1. The zero-order chi connectivity index (χ0) is 14.0. The highest BCUT2D eigenvalue weighted by atomic mass is 35.5. The Hall–Kier alpha value is -1.50. The lowest BCUT2D eigenvalue weighted by Gasteiger charge is -2.10. The molecular weight excluding hydrogens is 286 g/mol. The molecule has 0 aliphatic carbocycles. The molecule has 1 aromatic carbocycles. The molecule has 0 spiro atoms. The van der Waals surface area contributed by atoms with Gasteiger partial charge >= 0.3 is 0 Å². The van der Waals surface area contributed by atoms with Crippen molar-refractivity contribution in [1.82, 2.24) is 4.98 Å². The van der Waals surface area contributed by atoms with Crippen LogP contribution in [0, 0.1) is 6.92 Å². The predicted molar refractivity (Wildman–Crippen MR) is 75.7 cm³/mol. The largest absolute Gasteiger partial charge is 0.363 e. The number of rotatable bonds is 4. The highest BCUT2D eigenvalue weighted by Crippen LogP contribution is 2.25. The quantitative estimate of drug-likeness (QED) is 0.809. The van der Waals surface area contributed by atoms with Crippen LogP contribution >= 0.6 is 11.6 Å².